The standard InChI is InChI=1S/C15H27N3O/c1-13(2)17-15(3,12-19)11-18(4)10-7-14-5-8-16-9-6-14/h5-6,8-9,13,17,19H,7,10-12H2,1-4H3. The maximum absolute atomic E-state index is 9.57. The van der Waals surface area contributed by atoms with Crippen molar-refractivity contribution in [3.05, 3.63) is 30.1 Å². The van der Waals surface area contributed by atoms with E-state index in [-0.39, 0.29) is 12.1 Å². The van der Waals surface area contributed by atoms with E-state index < -0.39 is 0 Å². The SMILES string of the molecule is CC(C)NC(C)(CO)CN(C)CCc1ccncc1. The maximum Gasteiger partial charge on any atom is 0.0623 e. The van der Waals surface area contributed by atoms with Crippen molar-refractivity contribution in [3.63, 3.8) is 0 Å². The zero-order valence-electron chi connectivity index (χ0n) is 12.6. The van der Waals surface area contributed by atoms with Gasteiger partial charge in [-0.25, -0.2) is 0 Å². The van der Waals surface area contributed by atoms with Crippen LogP contribution >= 0.6 is 0 Å². The van der Waals surface area contributed by atoms with Crippen LogP contribution in [0, 0.1) is 0 Å². The number of rotatable bonds is 8. The number of hydrogen-bond acceptors (Lipinski definition) is 4. The third-order valence-corrected chi connectivity index (χ3v) is 3.14. The van der Waals surface area contributed by atoms with Crippen LogP contribution in [-0.4, -0.2) is 53.3 Å². The van der Waals surface area contributed by atoms with Crippen molar-refractivity contribution in [3.8, 4) is 0 Å². The molecule has 0 aromatic carbocycles. The molecule has 0 saturated heterocycles. The van der Waals surface area contributed by atoms with Gasteiger partial charge in [0.1, 0.15) is 0 Å². The van der Waals surface area contributed by atoms with Gasteiger partial charge in [0.05, 0.1) is 12.1 Å². The van der Waals surface area contributed by atoms with Crippen LogP contribution in [0.25, 0.3) is 0 Å². The summed E-state index contributed by atoms with van der Waals surface area (Å²) in [6.07, 6.45) is 4.66. The molecule has 0 spiro atoms. The molecule has 4 nitrogen and oxygen atoms in total. The molecule has 0 radical (unpaired) electrons. The van der Waals surface area contributed by atoms with Gasteiger partial charge in [-0.05, 0) is 38.1 Å². The predicted octanol–water partition coefficient (Wildman–Crippen LogP) is 1.30. The van der Waals surface area contributed by atoms with Crippen molar-refractivity contribution in [2.45, 2.75) is 38.8 Å². The first kappa shape index (κ1) is 16.1. The summed E-state index contributed by atoms with van der Waals surface area (Å²) >= 11 is 0. The normalized spacial score (nSPS) is 14.9. The fraction of sp³-hybridized carbons (Fsp3) is 0.667. The van der Waals surface area contributed by atoms with Crippen molar-refractivity contribution >= 4 is 0 Å². The zero-order valence-corrected chi connectivity index (χ0v) is 12.6. The smallest absolute Gasteiger partial charge is 0.0623 e. The van der Waals surface area contributed by atoms with Crippen LogP contribution in [-0.2, 0) is 6.42 Å². The van der Waals surface area contributed by atoms with Gasteiger partial charge in [0.15, 0.2) is 0 Å². The van der Waals surface area contributed by atoms with E-state index in [0.29, 0.717) is 6.04 Å². The third-order valence-electron chi connectivity index (χ3n) is 3.14. The highest BCUT2D eigenvalue weighted by molar-refractivity contribution is 5.09. The monoisotopic (exact) mass is 265 g/mol. The molecule has 0 saturated carbocycles. The molecule has 0 aliphatic heterocycles. The summed E-state index contributed by atoms with van der Waals surface area (Å²) in [5.74, 6) is 0. The second kappa shape index (κ2) is 7.58. The molecule has 4 heteroatoms. The molecule has 1 heterocycles. The van der Waals surface area contributed by atoms with Gasteiger partial charge in [0, 0.05) is 31.5 Å². The van der Waals surface area contributed by atoms with Gasteiger partial charge in [-0.1, -0.05) is 13.8 Å². The predicted molar refractivity (Wildman–Crippen MR) is 79.2 cm³/mol. The molecule has 0 aliphatic carbocycles. The number of likely N-dealkylation sites (N-methyl/N-ethyl adjacent to an activating group) is 1. The summed E-state index contributed by atoms with van der Waals surface area (Å²) in [7, 11) is 2.09. The molecule has 2 N–H and O–H groups in total. The second-order valence-electron chi connectivity index (χ2n) is 5.86. The van der Waals surface area contributed by atoms with Gasteiger partial charge in [0.25, 0.3) is 0 Å². The van der Waals surface area contributed by atoms with Crippen LogP contribution in [0.4, 0.5) is 0 Å². The van der Waals surface area contributed by atoms with Gasteiger partial charge in [0.2, 0.25) is 0 Å². The highest BCUT2D eigenvalue weighted by atomic mass is 16.3. The summed E-state index contributed by atoms with van der Waals surface area (Å²) in [6.45, 7) is 8.21. The van der Waals surface area contributed by atoms with E-state index in [4.69, 9.17) is 0 Å². The lowest BCUT2D eigenvalue weighted by Crippen LogP contribution is -2.55. The van der Waals surface area contributed by atoms with E-state index in [1.807, 2.05) is 24.5 Å². The van der Waals surface area contributed by atoms with E-state index in [0.717, 1.165) is 19.5 Å². The molecule has 0 bridgehead atoms. The highest BCUT2D eigenvalue weighted by Gasteiger charge is 2.25. The first-order valence-corrected chi connectivity index (χ1v) is 6.91. The summed E-state index contributed by atoms with van der Waals surface area (Å²) in [5.41, 5.74) is 1.05. The number of aliphatic hydroxyl groups excluding tert-OH is 1. The van der Waals surface area contributed by atoms with Crippen LogP contribution in [0.3, 0.4) is 0 Å². The number of hydrogen-bond donors (Lipinski definition) is 2. The van der Waals surface area contributed by atoms with E-state index in [2.05, 4.69) is 43.0 Å². The Morgan fingerprint density at radius 3 is 2.53 bits per heavy atom. The molecular formula is C15H27N3O. The van der Waals surface area contributed by atoms with E-state index in [9.17, 15) is 5.11 Å². The topological polar surface area (TPSA) is 48.4 Å². The van der Waals surface area contributed by atoms with Gasteiger partial charge in [-0.15, -0.1) is 0 Å². The Kier molecular flexibility index (Phi) is 6.42. The highest BCUT2D eigenvalue weighted by Crippen LogP contribution is 2.08. The average Bonchev–Trinajstić information content (AvgIpc) is 2.36. The molecule has 1 unspecified atom stereocenters. The zero-order chi connectivity index (χ0) is 14.3. The maximum atomic E-state index is 9.57. The van der Waals surface area contributed by atoms with Crippen molar-refractivity contribution in [2.24, 2.45) is 0 Å². The van der Waals surface area contributed by atoms with Gasteiger partial charge in [-0.2, -0.15) is 0 Å². The van der Waals surface area contributed by atoms with E-state index in [1.165, 1.54) is 5.56 Å². The molecule has 1 aromatic rings. The minimum atomic E-state index is -0.249. The fourth-order valence-corrected chi connectivity index (χ4v) is 2.38. The first-order chi connectivity index (χ1) is 8.95. The molecule has 19 heavy (non-hydrogen) atoms. The Bertz CT molecular complexity index is 356. The van der Waals surface area contributed by atoms with Gasteiger partial charge >= 0.3 is 0 Å². The largest absolute Gasteiger partial charge is 0.394 e. The molecule has 0 fully saturated rings. The Hall–Kier alpha value is -0.970. The fourth-order valence-electron chi connectivity index (χ4n) is 2.38. The summed E-state index contributed by atoms with van der Waals surface area (Å²) in [5, 5.41) is 13.0. The minimum absolute atomic E-state index is 0.144. The van der Waals surface area contributed by atoms with Crippen LogP contribution in [0.2, 0.25) is 0 Å². The van der Waals surface area contributed by atoms with Crippen molar-refractivity contribution < 1.29 is 5.11 Å². The van der Waals surface area contributed by atoms with Crippen molar-refractivity contribution in [1.82, 2.24) is 15.2 Å². The Morgan fingerprint density at radius 1 is 1.37 bits per heavy atom. The second-order valence-corrected chi connectivity index (χ2v) is 5.86. The third kappa shape index (κ3) is 6.14. The number of pyridine rings is 1. The van der Waals surface area contributed by atoms with Gasteiger partial charge in [-0.3, -0.25) is 4.98 Å². The Balaban J connectivity index is 2.43. The van der Waals surface area contributed by atoms with Crippen LogP contribution in [0.5, 0.6) is 0 Å². The molecule has 1 aromatic heterocycles. The van der Waals surface area contributed by atoms with Crippen molar-refractivity contribution in [2.75, 3.05) is 26.7 Å². The Morgan fingerprint density at radius 2 is 2.00 bits per heavy atom. The summed E-state index contributed by atoms with van der Waals surface area (Å²) in [6, 6.07) is 4.46. The molecular weight excluding hydrogens is 238 g/mol. The molecule has 108 valence electrons. The van der Waals surface area contributed by atoms with E-state index in [1.54, 1.807) is 0 Å². The van der Waals surface area contributed by atoms with Crippen LogP contribution in [0.1, 0.15) is 26.3 Å². The minimum Gasteiger partial charge on any atom is -0.394 e. The van der Waals surface area contributed by atoms with Crippen molar-refractivity contribution in [1.29, 1.82) is 0 Å². The Labute approximate surface area is 116 Å². The summed E-state index contributed by atoms with van der Waals surface area (Å²) < 4.78 is 0. The number of nitrogens with zero attached hydrogens (tertiary/aromatic N) is 2. The lowest BCUT2D eigenvalue weighted by Gasteiger charge is -2.35. The number of nitrogens with one attached hydrogen (secondary N) is 1. The number of aliphatic hydroxyl groups is 1. The lowest BCUT2D eigenvalue weighted by molar-refractivity contribution is 0.125. The molecule has 1 atom stereocenters. The quantitative estimate of drug-likeness (QED) is 0.744. The van der Waals surface area contributed by atoms with Gasteiger partial charge < -0.3 is 15.3 Å². The van der Waals surface area contributed by atoms with Crippen LogP contribution < -0.4 is 5.32 Å². The molecule has 0 aliphatic rings. The van der Waals surface area contributed by atoms with Crippen LogP contribution in [0.15, 0.2) is 24.5 Å². The molecule has 1 rings (SSSR count). The first-order valence-electron chi connectivity index (χ1n) is 6.91. The molecule has 0 amide bonds. The number of aromatic nitrogens is 1. The van der Waals surface area contributed by atoms with E-state index >= 15 is 0 Å². The summed E-state index contributed by atoms with van der Waals surface area (Å²) in [4.78, 5) is 6.28. The average molecular weight is 265 g/mol. The lowest BCUT2D eigenvalue weighted by atomic mass is 10.0.